The summed E-state index contributed by atoms with van der Waals surface area (Å²) >= 11 is 0. The smallest absolute Gasteiger partial charge is 0.306 e. The predicted molar refractivity (Wildman–Crippen MR) is 380 cm³/mol. The standard InChI is InChI=1S/C81H142O5/c1-3-5-7-9-11-13-15-17-19-21-23-25-27-29-31-33-35-37-39-40-42-43-45-47-49-51-53-55-57-59-61-63-65-67-69-71-73-75-80(83)85-78-79(77-82)86-81(84)76-74-72-70-68-66-64-62-60-58-56-54-52-50-48-46-44-41-38-36-34-32-30-28-26-24-22-20-18-16-14-12-10-8-6-4-2/h6,8,12,14,18,20,24,26,30,32,36,38,44,46,50,52,56,58,79,82H,3-5,7,9-11,13,15-17,19,21-23,25,27-29,31,33-35,37,39-43,45,47-49,51,53-55,57,59-78H2,1-2H3/b8-6-,14-12-,20-18-,26-24-,32-30-,38-36-,46-44-,52-50-,58-56-. The number of hydrogen-bond acceptors (Lipinski definition) is 5. The van der Waals surface area contributed by atoms with Crippen LogP contribution < -0.4 is 0 Å². The molecule has 0 spiro atoms. The summed E-state index contributed by atoms with van der Waals surface area (Å²) in [6.07, 6.45) is 110. The Morgan fingerprint density at radius 1 is 0.279 bits per heavy atom. The van der Waals surface area contributed by atoms with E-state index < -0.39 is 6.10 Å². The van der Waals surface area contributed by atoms with E-state index in [0.29, 0.717) is 12.8 Å². The zero-order valence-electron chi connectivity index (χ0n) is 57.1. The molecule has 0 aliphatic heterocycles. The van der Waals surface area contributed by atoms with Gasteiger partial charge in [0.05, 0.1) is 6.61 Å². The first-order chi connectivity index (χ1) is 42.6. The average Bonchev–Trinajstić information content (AvgIpc) is 3.55. The van der Waals surface area contributed by atoms with Crippen molar-refractivity contribution in [3.63, 3.8) is 0 Å². The molecule has 0 radical (unpaired) electrons. The molecule has 86 heavy (non-hydrogen) atoms. The van der Waals surface area contributed by atoms with Gasteiger partial charge in [-0.1, -0.05) is 386 Å². The maximum absolute atomic E-state index is 12.4. The van der Waals surface area contributed by atoms with Crippen molar-refractivity contribution in [2.45, 2.75) is 380 Å². The van der Waals surface area contributed by atoms with E-state index >= 15 is 0 Å². The van der Waals surface area contributed by atoms with Crippen LogP contribution in [0.2, 0.25) is 0 Å². The number of ether oxygens (including phenoxy) is 2. The van der Waals surface area contributed by atoms with Crippen molar-refractivity contribution < 1.29 is 24.2 Å². The minimum Gasteiger partial charge on any atom is -0.462 e. The molecule has 0 amide bonds. The van der Waals surface area contributed by atoms with E-state index in [1.807, 2.05) is 0 Å². The first-order valence-corrected chi connectivity index (χ1v) is 37.4. The van der Waals surface area contributed by atoms with Crippen LogP contribution in [0.5, 0.6) is 0 Å². The highest BCUT2D eigenvalue weighted by Crippen LogP contribution is 2.19. The molecule has 0 saturated heterocycles. The highest BCUT2D eigenvalue weighted by atomic mass is 16.6. The molecule has 0 fully saturated rings. The lowest BCUT2D eigenvalue weighted by Gasteiger charge is -2.15. The molecule has 5 nitrogen and oxygen atoms in total. The fourth-order valence-electron chi connectivity index (χ4n) is 11.0. The van der Waals surface area contributed by atoms with Gasteiger partial charge in [-0.05, 0) is 83.5 Å². The molecule has 0 rings (SSSR count). The normalized spacial score (nSPS) is 12.8. The summed E-state index contributed by atoms with van der Waals surface area (Å²) in [5.74, 6) is -0.594. The number of esters is 2. The van der Waals surface area contributed by atoms with Gasteiger partial charge in [-0.15, -0.1) is 0 Å². The van der Waals surface area contributed by atoms with Gasteiger partial charge in [0.1, 0.15) is 6.61 Å². The lowest BCUT2D eigenvalue weighted by atomic mass is 10.0. The van der Waals surface area contributed by atoms with Gasteiger partial charge in [0.2, 0.25) is 0 Å². The molecule has 496 valence electrons. The summed E-state index contributed by atoms with van der Waals surface area (Å²) in [4.78, 5) is 24.7. The number of aliphatic hydroxyl groups excluding tert-OH is 1. The largest absolute Gasteiger partial charge is 0.462 e. The van der Waals surface area contributed by atoms with Gasteiger partial charge in [-0.2, -0.15) is 0 Å². The molecule has 0 aliphatic carbocycles. The van der Waals surface area contributed by atoms with Gasteiger partial charge in [0.25, 0.3) is 0 Å². The van der Waals surface area contributed by atoms with Gasteiger partial charge in [-0.25, -0.2) is 0 Å². The number of unbranched alkanes of at least 4 members (excludes halogenated alkanes) is 43. The minimum absolute atomic E-state index is 0.0723. The molecular weight excluding hydrogens is 1050 g/mol. The van der Waals surface area contributed by atoms with E-state index in [1.165, 1.54) is 244 Å². The lowest BCUT2D eigenvalue weighted by molar-refractivity contribution is -0.161. The predicted octanol–water partition coefficient (Wildman–Crippen LogP) is 26.3. The minimum atomic E-state index is -0.786. The highest BCUT2D eigenvalue weighted by molar-refractivity contribution is 5.70. The Labute approximate surface area is 535 Å². The Bertz CT molecular complexity index is 1640. The quantitative estimate of drug-likeness (QED) is 0.0373. The SMILES string of the molecule is CC/C=C\C/C=C\C/C=C\C/C=C\C/C=C\C/C=C\C/C=C\C/C=C\C/C=C\CCCCCCCCCC(=O)OC(CO)COC(=O)CCCCCCCCCCCCCCCCCCCCCCCCCCCCCCCCCCCCCCC. The van der Waals surface area contributed by atoms with Crippen LogP contribution in [0, 0.1) is 0 Å². The Morgan fingerprint density at radius 2 is 0.500 bits per heavy atom. The molecule has 1 N–H and O–H groups in total. The van der Waals surface area contributed by atoms with Gasteiger partial charge < -0.3 is 14.6 Å². The Balaban J connectivity index is 3.47. The Hall–Kier alpha value is -3.44. The van der Waals surface area contributed by atoms with Crippen molar-refractivity contribution in [1.82, 2.24) is 0 Å². The van der Waals surface area contributed by atoms with Crippen LogP contribution >= 0.6 is 0 Å². The van der Waals surface area contributed by atoms with E-state index in [9.17, 15) is 14.7 Å². The maximum Gasteiger partial charge on any atom is 0.306 e. The summed E-state index contributed by atoms with van der Waals surface area (Å²) in [7, 11) is 0. The summed E-state index contributed by atoms with van der Waals surface area (Å²) in [5, 5.41) is 9.71. The number of carbonyl (C=O) groups excluding carboxylic acids is 2. The second kappa shape index (κ2) is 75.8. The Kier molecular flexibility index (Phi) is 72.8. The van der Waals surface area contributed by atoms with Gasteiger partial charge in [-0.3, -0.25) is 9.59 Å². The van der Waals surface area contributed by atoms with E-state index in [2.05, 4.69) is 123 Å². The van der Waals surface area contributed by atoms with Crippen molar-refractivity contribution >= 4 is 11.9 Å². The number of allylic oxidation sites excluding steroid dienone is 18. The van der Waals surface area contributed by atoms with Crippen LogP contribution in [0.15, 0.2) is 109 Å². The molecule has 0 aliphatic rings. The van der Waals surface area contributed by atoms with Gasteiger partial charge in [0, 0.05) is 12.8 Å². The Morgan fingerprint density at radius 3 is 0.756 bits per heavy atom. The topological polar surface area (TPSA) is 72.8 Å². The maximum atomic E-state index is 12.4. The van der Waals surface area contributed by atoms with Crippen molar-refractivity contribution in [1.29, 1.82) is 0 Å². The molecule has 1 atom stereocenters. The molecule has 0 saturated carbocycles. The number of hydrogen-bond donors (Lipinski definition) is 1. The van der Waals surface area contributed by atoms with Crippen LogP contribution in [0.3, 0.4) is 0 Å². The molecule has 0 bridgehead atoms. The van der Waals surface area contributed by atoms with Gasteiger partial charge >= 0.3 is 11.9 Å². The van der Waals surface area contributed by atoms with Crippen molar-refractivity contribution in [3.8, 4) is 0 Å². The zero-order chi connectivity index (χ0) is 61.9. The fourth-order valence-corrected chi connectivity index (χ4v) is 11.0. The van der Waals surface area contributed by atoms with Crippen LogP contribution in [0.25, 0.3) is 0 Å². The summed E-state index contributed by atoms with van der Waals surface area (Å²) < 4.78 is 10.8. The lowest BCUT2D eigenvalue weighted by Crippen LogP contribution is -2.28. The molecule has 1 unspecified atom stereocenters. The molecule has 0 aromatic carbocycles. The molecular formula is C81H142O5. The van der Waals surface area contributed by atoms with Crippen molar-refractivity contribution in [2.75, 3.05) is 13.2 Å². The first kappa shape index (κ1) is 82.6. The zero-order valence-corrected chi connectivity index (χ0v) is 57.1. The monoisotopic (exact) mass is 1200 g/mol. The second-order valence-corrected chi connectivity index (χ2v) is 25.0. The molecule has 0 aromatic rings. The van der Waals surface area contributed by atoms with Crippen LogP contribution in [0.4, 0.5) is 0 Å². The fraction of sp³-hybridized carbons (Fsp3) is 0.753. The van der Waals surface area contributed by atoms with Crippen LogP contribution in [0.1, 0.15) is 373 Å². The van der Waals surface area contributed by atoms with E-state index in [1.54, 1.807) is 0 Å². The molecule has 0 heterocycles. The summed E-state index contributed by atoms with van der Waals surface area (Å²) in [5.41, 5.74) is 0. The van der Waals surface area contributed by atoms with Gasteiger partial charge in [0.15, 0.2) is 6.10 Å². The molecule has 5 heteroatoms. The third kappa shape index (κ3) is 73.0. The number of rotatable bonds is 69. The second-order valence-electron chi connectivity index (χ2n) is 25.0. The number of carbonyl (C=O) groups is 2. The summed E-state index contributed by atoms with van der Waals surface area (Å²) in [6.45, 7) is 4.06. The summed E-state index contributed by atoms with van der Waals surface area (Å²) in [6, 6.07) is 0. The van der Waals surface area contributed by atoms with Crippen molar-refractivity contribution in [2.24, 2.45) is 0 Å². The first-order valence-electron chi connectivity index (χ1n) is 37.4. The number of aliphatic hydroxyl groups is 1. The third-order valence-electron chi connectivity index (χ3n) is 16.6. The van der Waals surface area contributed by atoms with E-state index in [4.69, 9.17) is 9.47 Å². The van der Waals surface area contributed by atoms with E-state index in [-0.39, 0.29) is 25.2 Å². The third-order valence-corrected chi connectivity index (χ3v) is 16.6. The van der Waals surface area contributed by atoms with Crippen LogP contribution in [-0.2, 0) is 19.1 Å². The highest BCUT2D eigenvalue weighted by Gasteiger charge is 2.16. The van der Waals surface area contributed by atoms with Crippen molar-refractivity contribution in [3.05, 3.63) is 109 Å². The van der Waals surface area contributed by atoms with E-state index in [0.717, 1.165) is 103 Å². The average molecular weight is 1200 g/mol. The van der Waals surface area contributed by atoms with Crippen LogP contribution in [-0.4, -0.2) is 36.4 Å². The molecule has 0 aromatic heterocycles.